The molecule has 0 saturated heterocycles. The van der Waals surface area contributed by atoms with Crippen LogP contribution in [0.3, 0.4) is 0 Å². The Labute approximate surface area is 194 Å². The van der Waals surface area contributed by atoms with Crippen molar-refractivity contribution in [2.24, 2.45) is 5.41 Å². The number of methoxy groups -OCH3 is 1. The van der Waals surface area contributed by atoms with Crippen molar-refractivity contribution in [3.05, 3.63) is 64.5 Å². The number of hydrogen-bond acceptors (Lipinski definition) is 7. The number of hydrogen-bond donors (Lipinski definition) is 1. The van der Waals surface area contributed by atoms with Crippen LogP contribution in [0.2, 0.25) is 5.02 Å². The van der Waals surface area contributed by atoms with Gasteiger partial charge in [-0.2, -0.15) is 0 Å². The first kappa shape index (κ1) is 22.5. The Kier molecular flexibility index (Phi) is 6.91. The van der Waals surface area contributed by atoms with Crippen molar-refractivity contribution in [1.82, 2.24) is 9.97 Å². The Morgan fingerprint density at radius 1 is 1.28 bits per heavy atom. The third kappa shape index (κ3) is 5.02. The molecule has 0 spiro atoms. The summed E-state index contributed by atoms with van der Waals surface area (Å²) in [7, 11) is 1.40. The van der Waals surface area contributed by atoms with Gasteiger partial charge in [0.15, 0.2) is 16.7 Å². The first-order valence-electron chi connectivity index (χ1n) is 10.3. The molecule has 2 heterocycles. The Morgan fingerprint density at radius 2 is 2.06 bits per heavy atom. The monoisotopic (exact) mass is 475 g/mol. The van der Waals surface area contributed by atoms with E-state index in [1.807, 2.05) is 23.6 Å². The topological polar surface area (TPSA) is 73.3 Å². The maximum Gasteiger partial charge on any atom is 0.312 e. The van der Waals surface area contributed by atoms with Crippen LogP contribution in [0.5, 0.6) is 5.75 Å². The molecule has 32 heavy (non-hydrogen) atoms. The number of carbonyl (C=O) groups is 1. The summed E-state index contributed by atoms with van der Waals surface area (Å²) in [5.41, 5.74) is 0.0890. The predicted octanol–water partition coefficient (Wildman–Crippen LogP) is 5.80. The highest BCUT2D eigenvalue weighted by Crippen LogP contribution is 2.42. The van der Waals surface area contributed by atoms with Crippen LogP contribution in [0.15, 0.2) is 48.0 Å². The molecule has 1 aliphatic rings. The number of benzene rings is 1. The van der Waals surface area contributed by atoms with Gasteiger partial charge in [0.25, 0.3) is 0 Å². The van der Waals surface area contributed by atoms with E-state index in [2.05, 4.69) is 15.3 Å². The van der Waals surface area contributed by atoms with E-state index in [1.165, 1.54) is 24.5 Å². The minimum Gasteiger partial charge on any atom is -0.487 e. The van der Waals surface area contributed by atoms with Gasteiger partial charge in [-0.25, -0.2) is 14.4 Å². The normalized spacial score (nSPS) is 20.5. The summed E-state index contributed by atoms with van der Waals surface area (Å²) in [5, 5.41) is 5.84. The summed E-state index contributed by atoms with van der Waals surface area (Å²) in [6.45, 7) is 0. The number of aromatic nitrogens is 2. The van der Waals surface area contributed by atoms with E-state index in [0.29, 0.717) is 37.9 Å². The van der Waals surface area contributed by atoms with E-state index in [-0.39, 0.29) is 22.8 Å². The van der Waals surface area contributed by atoms with Gasteiger partial charge in [-0.05, 0) is 49.9 Å². The number of rotatable bonds is 7. The lowest BCUT2D eigenvalue weighted by Crippen LogP contribution is -2.41. The number of carbonyl (C=O) groups excluding carboxylic acids is 1. The zero-order chi connectivity index (χ0) is 22.6. The quantitative estimate of drug-likeness (QED) is 0.435. The van der Waals surface area contributed by atoms with Crippen molar-refractivity contribution >= 4 is 39.9 Å². The van der Waals surface area contributed by atoms with Crippen molar-refractivity contribution < 1.29 is 18.7 Å². The molecule has 1 aliphatic carbocycles. The molecule has 1 fully saturated rings. The summed E-state index contributed by atoms with van der Waals surface area (Å²) in [4.78, 5) is 21.7. The summed E-state index contributed by atoms with van der Waals surface area (Å²) in [5.74, 6) is -0.0145. The molecule has 0 amide bonds. The fraction of sp³-hybridized carbons (Fsp3) is 0.348. The average Bonchev–Trinajstić information content (AvgIpc) is 3.31. The lowest BCUT2D eigenvalue weighted by molar-refractivity contribution is -0.156. The van der Waals surface area contributed by atoms with Gasteiger partial charge in [-0.3, -0.25) is 4.79 Å². The Balaban J connectivity index is 1.46. The molecule has 0 unspecified atom stereocenters. The molecule has 4 rings (SSSR count). The van der Waals surface area contributed by atoms with E-state index in [0.717, 1.165) is 10.8 Å². The first-order chi connectivity index (χ1) is 15.5. The van der Waals surface area contributed by atoms with Gasteiger partial charge < -0.3 is 14.8 Å². The molecule has 0 radical (unpaired) electrons. The second kappa shape index (κ2) is 9.83. The third-order valence-corrected chi connectivity index (χ3v) is 6.69. The summed E-state index contributed by atoms with van der Waals surface area (Å²) < 4.78 is 25.2. The van der Waals surface area contributed by atoms with Crippen molar-refractivity contribution in [3.63, 3.8) is 0 Å². The van der Waals surface area contributed by atoms with Gasteiger partial charge in [0, 0.05) is 23.7 Å². The minimum absolute atomic E-state index is 0.0273. The highest BCUT2D eigenvalue weighted by molar-refractivity contribution is 7.13. The number of nitrogens with zero attached hydrogens (tertiary/aromatic N) is 2. The van der Waals surface area contributed by atoms with Crippen molar-refractivity contribution in [1.29, 1.82) is 0 Å². The molecule has 9 heteroatoms. The van der Waals surface area contributed by atoms with Gasteiger partial charge in [-0.15, -0.1) is 11.3 Å². The third-order valence-electron chi connectivity index (χ3n) is 5.71. The zero-order valence-corrected chi connectivity index (χ0v) is 19.1. The average molecular weight is 476 g/mol. The molecule has 3 aromatic rings. The number of esters is 1. The molecule has 1 saturated carbocycles. The van der Waals surface area contributed by atoms with Gasteiger partial charge in [0.05, 0.1) is 23.7 Å². The Bertz CT molecular complexity index is 1070. The minimum atomic E-state index is -0.700. The van der Waals surface area contributed by atoms with Crippen molar-refractivity contribution in [3.8, 4) is 5.75 Å². The Morgan fingerprint density at radius 3 is 2.78 bits per heavy atom. The standard InChI is InChI=1S/C23H23ClFN3O3S/c1-30-21(29)23(14-15-4-2-7-19(27-15)28-22-26-12-13-32-22)10-8-16(9-11-23)31-18-6-3-5-17(24)20(18)25/h2-7,12-13,16H,8-11,14H2,1H3,(H,26,27,28)/t16-,23-. The second-order valence-electron chi connectivity index (χ2n) is 7.79. The zero-order valence-electron chi connectivity index (χ0n) is 17.5. The van der Waals surface area contributed by atoms with Crippen LogP contribution >= 0.6 is 22.9 Å². The van der Waals surface area contributed by atoms with E-state index in [4.69, 9.17) is 21.1 Å². The van der Waals surface area contributed by atoms with Crippen LogP contribution in [0, 0.1) is 11.2 Å². The van der Waals surface area contributed by atoms with Crippen LogP contribution in [-0.2, 0) is 16.0 Å². The van der Waals surface area contributed by atoms with Gasteiger partial charge in [-0.1, -0.05) is 23.7 Å². The van der Waals surface area contributed by atoms with Crippen LogP contribution in [0.1, 0.15) is 31.4 Å². The van der Waals surface area contributed by atoms with Crippen LogP contribution in [0.4, 0.5) is 15.3 Å². The van der Waals surface area contributed by atoms with Crippen LogP contribution in [-0.4, -0.2) is 29.2 Å². The molecule has 0 atom stereocenters. The number of pyridine rings is 1. The predicted molar refractivity (Wildman–Crippen MR) is 122 cm³/mol. The summed E-state index contributed by atoms with van der Waals surface area (Å²) in [6.07, 6.45) is 4.27. The fourth-order valence-electron chi connectivity index (χ4n) is 4.08. The first-order valence-corrected chi connectivity index (χ1v) is 11.6. The lowest BCUT2D eigenvalue weighted by Gasteiger charge is -2.37. The van der Waals surface area contributed by atoms with Gasteiger partial charge in [0.1, 0.15) is 5.82 Å². The van der Waals surface area contributed by atoms with Crippen molar-refractivity contribution in [2.75, 3.05) is 12.4 Å². The van der Waals surface area contributed by atoms with Crippen LogP contribution < -0.4 is 10.1 Å². The van der Waals surface area contributed by atoms with E-state index in [1.54, 1.807) is 18.3 Å². The van der Waals surface area contributed by atoms with Crippen molar-refractivity contribution in [2.45, 2.75) is 38.2 Å². The van der Waals surface area contributed by atoms with E-state index < -0.39 is 11.2 Å². The molecule has 168 valence electrons. The molecule has 6 nitrogen and oxygen atoms in total. The smallest absolute Gasteiger partial charge is 0.312 e. The summed E-state index contributed by atoms with van der Waals surface area (Å²) in [6, 6.07) is 10.4. The highest BCUT2D eigenvalue weighted by Gasteiger charge is 2.44. The molecule has 0 bridgehead atoms. The highest BCUT2D eigenvalue weighted by atomic mass is 35.5. The fourth-order valence-corrected chi connectivity index (χ4v) is 4.78. The van der Waals surface area contributed by atoms with E-state index >= 15 is 0 Å². The Hall–Kier alpha value is -2.71. The second-order valence-corrected chi connectivity index (χ2v) is 9.10. The molecular weight excluding hydrogens is 453 g/mol. The molecule has 0 aliphatic heterocycles. The number of thiazole rings is 1. The maximum atomic E-state index is 14.2. The molecule has 1 aromatic carbocycles. The molecular formula is C23H23ClFN3O3S. The number of ether oxygens (including phenoxy) is 2. The lowest BCUT2D eigenvalue weighted by atomic mass is 9.70. The number of anilines is 2. The summed E-state index contributed by atoms with van der Waals surface area (Å²) >= 11 is 7.34. The van der Waals surface area contributed by atoms with Crippen LogP contribution in [0.25, 0.3) is 0 Å². The number of halogens is 2. The van der Waals surface area contributed by atoms with Gasteiger partial charge >= 0.3 is 5.97 Å². The SMILES string of the molecule is COC(=O)[C@]1(Cc2cccc(Nc3nccs3)n2)CC[C@@H](Oc2cccc(Cl)c2F)CC1. The number of nitrogens with one attached hydrogen (secondary N) is 1. The van der Waals surface area contributed by atoms with Gasteiger partial charge in [0.2, 0.25) is 0 Å². The molecule has 1 N–H and O–H groups in total. The largest absolute Gasteiger partial charge is 0.487 e. The maximum absolute atomic E-state index is 14.2. The van der Waals surface area contributed by atoms with E-state index in [9.17, 15) is 9.18 Å². The molecule has 2 aromatic heterocycles.